The van der Waals surface area contributed by atoms with E-state index in [-0.39, 0.29) is 18.0 Å². The van der Waals surface area contributed by atoms with E-state index in [0.717, 1.165) is 21.2 Å². The normalized spacial score (nSPS) is 12.2. The third-order valence-electron chi connectivity index (χ3n) is 8.18. The summed E-state index contributed by atoms with van der Waals surface area (Å²) in [6.07, 6.45) is -0.788. The van der Waals surface area contributed by atoms with Gasteiger partial charge in [0.15, 0.2) is 5.75 Å². The summed E-state index contributed by atoms with van der Waals surface area (Å²) >= 11 is 3.48. The largest absolute Gasteiger partial charge is 0.444 e. The summed E-state index contributed by atoms with van der Waals surface area (Å²) in [6, 6.07) is 34.7. The highest BCUT2D eigenvalue weighted by Crippen LogP contribution is 2.32. The molecule has 5 rings (SSSR count). The molecule has 53 heavy (non-hydrogen) atoms. The summed E-state index contributed by atoms with van der Waals surface area (Å²) in [5.41, 5.74) is 3.54. The highest BCUT2D eigenvalue weighted by Gasteiger charge is 2.37. The molecule has 2 N–H and O–H groups in total. The number of carbonyl (C=O) groups is 4. The molecule has 0 saturated heterocycles. The van der Waals surface area contributed by atoms with Gasteiger partial charge in [0.25, 0.3) is 11.8 Å². The SMILES string of the molecule is Cc1ccc(CN(C(=O)C(NC(=O)OC(C)(C)C)c2ccccc2)C(C(=O)Nc2ccccc2OC(=O)c2ccc(C)cc2)c2ccc(Br)cc2)cc1. The van der Waals surface area contributed by atoms with Gasteiger partial charge in [0.2, 0.25) is 0 Å². The fourth-order valence-corrected chi connectivity index (χ4v) is 5.80. The molecule has 3 amide bonds. The summed E-state index contributed by atoms with van der Waals surface area (Å²) in [5, 5.41) is 5.71. The fraction of sp³-hybridized carbons (Fsp3) is 0.209. The van der Waals surface area contributed by atoms with E-state index in [9.17, 15) is 14.4 Å². The first-order valence-corrected chi connectivity index (χ1v) is 17.9. The predicted molar refractivity (Wildman–Crippen MR) is 208 cm³/mol. The lowest BCUT2D eigenvalue weighted by Gasteiger charge is -2.35. The van der Waals surface area contributed by atoms with Crippen LogP contribution in [0.2, 0.25) is 0 Å². The highest BCUT2D eigenvalue weighted by atomic mass is 79.9. The molecule has 5 aromatic rings. The van der Waals surface area contributed by atoms with Gasteiger partial charge in [0.05, 0.1) is 11.3 Å². The molecule has 0 saturated carbocycles. The van der Waals surface area contributed by atoms with Crippen molar-refractivity contribution in [2.24, 2.45) is 0 Å². The molecular formula is C43H42BrN3O6. The Labute approximate surface area is 318 Å². The molecule has 2 atom stereocenters. The minimum Gasteiger partial charge on any atom is -0.444 e. The van der Waals surface area contributed by atoms with Gasteiger partial charge in [-0.3, -0.25) is 9.59 Å². The summed E-state index contributed by atoms with van der Waals surface area (Å²) in [6.45, 7) is 9.10. The van der Waals surface area contributed by atoms with E-state index >= 15 is 4.79 Å². The predicted octanol–water partition coefficient (Wildman–Crippen LogP) is 9.26. The number of esters is 1. The van der Waals surface area contributed by atoms with Gasteiger partial charge in [0, 0.05) is 11.0 Å². The van der Waals surface area contributed by atoms with Crippen LogP contribution in [-0.4, -0.2) is 34.4 Å². The molecule has 0 spiro atoms. The maximum atomic E-state index is 15.0. The second-order valence-corrected chi connectivity index (χ2v) is 14.6. The van der Waals surface area contributed by atoms with Crippen LogP contribution in [0.4, 0.5) is 10.5 Å². The number of carbonyl (C=O) groups excluding carboxylic acids is 4. The summed E-state index contributed by atoms with van der Waals surface area (Å²) in [7, 11) is 0. The first kappa shape index (κ1) is 38.5. The number of halogens is 1. The lowest BCUT2D eigenvalue weighted by molar-refractivity contribution is -0.141. The van der Waals surface area contributed by atoms with E-state index in [0.29, 0.717) is 16.7 Å². The zero-order valence-corrected chi connectivity index (χ0v) is 31.8. The average molecular weight is 777 g/mol. The van der Waals surface area contributed by atoms with E-state index in [1.165, 1.54) is 4.90 Å². The molecular weight excluding hydrogens is 734 g/mol. The van der Waals surface area contributed by atoms with Crippen molar-refractivity contribution in [2.75, 3.05) is 5.32 Å². The maximum absolute atomic E-state index is 15.0. The Bertz CT molecular complexity index is 2040. The molecule has 272 valence electrons. The van der Waals surface area contributed by atoms with Crippen LogP contribution in [0, 0.1) is 13.8 Å². The van der Waals surface area contributed by atoms with Crippen LogP contribution in [0.5, 0.6) is 5.75 Å². The van der Waals surface area contributed by atoms with Gasteiger partial charge >= 0.3 is 12.1 Å². The molecule has 0 aromatic heterocycles. The topological polar surface area (TPSA) is 114 Å². The summed E-state index contributed by atoms with van der Waals surface area (Å²) in [4.78, 5) is 57.6. The molecule has 2 unspecified atom stereocenters. The van der Waals surface area contributed by atoms with Gasteiger partial charge in [-0.15, -0.1) is 0 Å². The molecule has 0 aliphatic rings. The van der Waals surface area contributed by atoms with E-state index < -0.39 is 41.6 Å². The number of nitrogens with zero attached hydrogens (tertiary/aromatic N) is 1. The van der Waals surface area contributed by atoms with Crippen LogP contribution in [0.15, 0.2) is 132 Å². The van der Waals surface area contributed by atoms with E-state index in [2.05, 4.69) is 26.6 Å². The molecule has 0 fully saturated rings. The third kappa shape index (κ3) is 10.6. The van der Waals surface area contributed by atoms with Crippen molar-refractivity contribution in [3.05, 3.63) is 165 Å². The second-order valence-electron chi connectivity index (χ2n) is 13.6. The fourth-order valence-electron chi connectivity index (χ4n) is 5.54. The van der Waals surface area contributed by atoms with Crippen LogP contribution in [0.25, 0.3) is 0 Å². The minimum absolute atomic E-state index is 0.0106. The zero-order valence-electron chi connectivity index (χ0n) is 30.3. The van der Waals surface area contributed by atoms with Crippen LogP contribution < -0.4 is 15.4 Å². The molecule has 5 aromatic carbocycles. The maximum Gasteiger partial charge on any atom is 0.408 e. The number of para-hydroxylation sites is 2. The third-order valence-corrected chi connectivity index (χ3v) is 8.71. The molecule has 0 aliphatic carbocycles. The minimum atomic E-state index is -1.22. The highest BCUT2D eigenvalue weighted by molar-refractivity contribution is 9.10. The molecule has 0 radical (unpaired) electrons. The monoisotopic (exact) mass is 775 g/mol. The van der Waals surface area contributed by atoms with E-state index in [1.807, 2.05) is 56.3 Å². The van der Waals surface area contributed by atoms with Crippen LogP contribution >= 0.6 is 15.9 Å². The Hall–Kier alpha value is -5.74. The number of hydrogen-bond acceptors (Lipinski definition) is 6. The first-order valence-electron chi connectivity index (χ1n) is 17.1. The Balaban J connectivity index is 1.58. The lowest BCUT2D eigenvalue weighted by atomic mass is 9.99. The summed E-state index contributed by atoms with van der Waals surface area (Å²) < 4.78 is 12.1. The van der Waals surface area contributed by atoms with Crippen molar-refractivity contribution < 1.29 is 28.7 Å². The first-order chi connectivity index (χ1) is 25.3. The van der Waals surface area contributed by atoms with Crippen molar-refractivity contribution in [3.63, 3.8) is 0 Å². The Morgan fingerprint density at radius 1 is 0.717 bits per heavy atom. The van der Waals surface area contributed by atoms with Gasteiger partial charge in [0.1, 0.15) is 17.7 Å². The molecule has 0 heterocycles. The smallest absolute Gasteiger partial charge is 0.408 e. The van der Waals surface area contributed by atoms with Crippen molar-refractivity contribution in [2.45, 2.75) is 58.8 Å². The quantitative estimate of drug-likeness (QED) is 0.102. The zero-order chi connectivity index (χ0) is 38.1. The number of alkyl carbamates (subject to hydrolysis) is 1. The van der Waals surface area contributed by atoms with Crippen molar-refractivity contribution in [1.82, 2.24) is 10.2 Å². The Kier molecular flexibility index (Phi) is 12.5. The van der Waals surface area contributed by atoms with E-state index in [1.54, 1.807) is 106 Å². The van der Waals surface area contributed by atoms with Crippen molar-refractivity contribution in [3.8, 4) is 5.75 Å². The molecule has 0 bridgehead atoms. The van der Waals surface area contributed by atoms with Gasteiger partial charge in [-0.25, -0.2) is 9.59 Å². The number of hydrogen-bond donors (Lipinski definition) is 2. The number of amides is 3. The Morgan fingerprint density at radius 2 is 1.30 bits per heavy atom. The van der Waals surface area contributed by atoms with Crippen molar-refractivity contribution in [1.29, 1.82) is 0 Å². The molecule has 0 aliphatic heterocycles. The van der Waals surface area contributed by atoms with E-state index in [4.69, 9.17) is 9.47 Å². The van der Waals surface area contributed by atoms with Crippen LogP contribution in [0.1, 0.15) is 71.0 Å². The number of aryl methyl sites for hydroxylation is 2. The average Bonchev–Trinajstić information content (AvgIpc) is 3.12. The molecule has 10 heteroatoms. The number of benzene rings is 5. The van der Waals surface area contributed by atoms with Crippen molar-refractivity contribution >= 4 is 45.5 Å². The Morgan fingerprint density at radius 3 is 1.92 bits per heavy atom. The lowest BCUT2D eigenvalue weighted by Crippen LogP contribution is -2.48. The molecule has 9 nitrogen and oxygen atoms in total. The van der Waals surface area contributed by atoms with Gasteiger partial charge in [-0.05, 0) is 87.7 Å². The van der Waals surface area contributed by atoms with Gasteiger partial charge in [-0.1, -0.05) is 118 Å². The van der Waals surface area contributed by atoms with Gasteiger partial charge < -0.3 is 25.0 Å². The van der Waals surface area contributed by atoms with Crippen LogP contribution in [0.3, 0.4) is 0 Å². The number of nitrogens with one attached hydrogen (secondary N) is 2. The van der Waals surface area contributed by atoms with Crippen LogP contribution in [-0.2, 0) is 20.9 Å². The summed E-state index contributed by atoms with van der Waals surface area (Å²) in [5.74, 6) is -1.59. The number of rotatable bonds is 11. The van der Waals surface area contributed by atoms with Gasteiger partial charge in [-0.2, -0.15) is 0 Å². The number of anilines is 1. The standard InChI is InChI=1S/C43H42BrN3O6/c1-28-15-19-30(20-16-28)27-47(40(49)37(31-11-7-6-8-12-31)46-42(51)53-43(3,4)5)38(32-23-25-34(44)26-24-32)39(48)45-35-13-9-10-14-36(35)52-41(50)33-21-17-29(2)18-22-33/h6-26,37-38H,27H2,1-5H3,(H,45,48)(H,46,51). The number of ether oxygens (including phenoxy) is 2. The second kappa shape index (κ2) is 17.2.